The van der Waals surface area contributed by atoms with Crippen molar-refractivity contribution in [3.05, 3.63) is 16.5 Å². The lowest BCUT2D eigenvalue weighted by molar-refractivity contribution is 0.0695. The van der Waals surface area contributed by atoms with Crippen LogP contribution in [0.1, 0.15) is 35.7 Å². The molecule has 4 nitrogen and oxygen atoms in total. The Kier molecular flexibility index (Phi) is 3.42. The van der Waals surface area contributed by atoms with Gasteiger partial charge in [0.05, 0.1) is 5.56 Å². The van der Waals surface area contributed by atoms with Gasteiger partial charge in [0.25, 0.3) is 9.05 Å². The average Bonchev–Trinajstić information content (AvgIpc) is 2.45. The molecule has 0 spiro atoms. The molecular weight excluding hydrogens is 260 g/mol. The maximum absolute atomic E-state index is 11.2. The quantitative estimate of drug-likeness (QED) is 0.855. The molecule has 1 aromatic rings. The molecule has 0 aliphatic rings. The maximum atomic E-state index is 11.2. The van der Waals surface area contributed by atoms with E-state index in [1.54, 1.807) is 13.8 Å². The van der Waals surface area contributed by atoms with Gasteiger partial charge in [-0.15, -0.1) is 11.3 Å². The molecule has 84 valence electrons. The second-order valence-corrected chi connectivity index (χ2v) is 6.89. The van der Waals surface area contributed by atoms with Crippen LogP contribution in [0.3, 0.4) is 0 Å². The first kappa shape index (κ1) is 12.5. The van der Waals surface area contributed by atoms with E-state index in [-0.39, 0.29) is 21.3 Å². The molecule has 1 N–H and O–H groups in total. The van der Waals surface area contributed by atoms with Crippen LogP contribution >= 0.6 is 22.0 Å². The van der Waals surface area contributed by atoms with Crippen molar-refractivity contribution in [3.63, 3.8) is 0 Å². The molecule has 0 bridgehead atoms. The van der Waals surface area contributed by atoms with E-state index in [1.807, 2.05) is 0 Å². The number of halogens is 1. The molecule has 0 saturated carbocycles. The summed E-state index contributed by atoms with van der Waals surface area (Å²) in [5.74, 6) is -1.34. The van der Waals surface area contributed by atoms with Crippen LogP contribution in [-0.4, -0.2) is 19.5 Å². The lowest BCUT2D eigenvalue weighted by Gasteiger charge is -2.06. The monoisotopic (exact) mass is 268 g/mol. The normalized spacial score (nSPS) is 12.0. The molecule has 0 aliphatic heterocycles. The molecule has 15 heavy (non-hydrogen) atoms. The molecule has 0 aliphatic carbocycles. The minimum Gasteiger partial charge on any atom is -0.478 e. The van der Waals surface area contributed by atoms with Gasteiger partial charge in [-0.05, 0) is 5.92 Å². The van der Waals surface area contributed by atoms with Crippen LogP contribution in [0.15, 0.2) is 9.59 Å². The van der Waals surface area contributed by atoms with E-state index in [0.717, 1.165) is 11.3 Å². The van der Waals surface area contributed by atoms with Gasteiger partial charge in [0, 0.05) is 21.6 Å². The zero-order chi connectivity index (χ0) is 11.8. The van der Waals surface area contributed by atoms with Crippen LogP contribution in [0, 0.1) is 0 Å². The summed E-state index contributed by atoms with van der Waals surface area (Å²) in [6.45, 7) is 3.44. The Morgan fingerprint density at radius 1 is 1.53 bits per heavy atom. The highest BCUT2D eigenvalue weighted by molar-refractivity contribution is 8.15. The second kappa shape index (κ2) is 4.11. The number of hydrogen-bond acceptors (Lipinski definition) is 4. The highest BCUT2D eigenvalue weighted by Gasteiger charge is 2.26. The molecule has 1 heterocycles. The third-order valence-corrected chi connectivity index (χ3v) is 4.96. The fourth-order valence-corrected chi connectivity index (χ4v) is 3.96. The fraction of sp³-hybridized carbons (Fsp3) is 0.375. The lowest BCUT2D eigenvalue weighted by atomic mass is 10.0. The molecule has 0 unspecified atom stereocenters. The van der Waals surface area contributed by atoms with Crippen molar-refractivity contribution >= 4 is 37.0 Å². The van der Waals surface area contributed by atoms with Gasteiger partial charge < -0.3 is 5.11 Å². The van der Waals surface area contributed by atoms with Crippen LogP contribution in [0.5, 0.6) is 0 Å². The van der Waals surface area contributed by atoms with Crippen molar-refractivity contribution in [3.8, 4) is 0 Å². The minimum atomic E-state index is -3.86. The molecule has 1 rings (SSSR count). The van der Waals surface area contributed by atoms with Crippen molar-refractivity contribution in [2.24, 2.45) is 0 Å². The van der Waals surface area contributed by atoms with Gasteiger partial charge in [-0.2, -0.15) is 0 Å². The van der Waals surface area contributed by atoms with Crippen molar-refractivity contribution in [1.82, 2.24) is 0 Å². The molecule has 0 radical (unpaired) electrons. The summed E-state index contributed by atoms with van der Waals surface area (Å²) < 4.78 is 22.3. The van der Waals surface area contributed by atoms with E-state index in [9.17, 15) is 13.2 Å². The lowest BCUT2D eigenvalue weighted by Crippen LogP contribution is -2.03. The average molecular weight is 269 g/mol. The number of rotatable bonds is 3. The van der Waals surface area contributed by atoms with E-state index in [0.29, 0.717) is 0 Å². The molecule has 7 heteroatoms. The molecule has 0 aromatic carbocycles. The number of aromatic carboxylic acids is 1. The molecule has 1 aromatic heterocycles. The zero-order valence-electron chi connectivity index (χ0n) is 8.02. The molecule has 0 saturated heterocycles. The topological polar surface area (TPSA) is 71.4 Å². The third kappa shape index (κ3) is 2.50. The van der Waals surface area contributed by atoms with E-state index in [2.05, 4.69) is 0 Å². The third-order valence-electron chi connectivity index (χ3n) is 1.82. The first-order valence-corrected chi connectivity index (χ1v) is 7.23. The Labute approximate surface area is 95.9 Å². The number of hydrogen-bond donors (Lipinski definition) is 1. The van der Waals surface area contributed by atoms with E-state index < -0.39 is 15.0 Å². The van der Waals surface area contributed by atoms with Gasteiger partial charge in [0.2, 0.25) is 0 Å². The Bertz CT molecular complexity index is 487. The summed E-state index contributed by atoms with van der Waals surface area (Å²) in [4.78, 5) is 10.8. The summed E-state index contributed by atoms with van der Waals surface area (Å²) in [6, 6.07) is 0. The minimum absolute atomic E-state index is 0.00854. The standard InChI is InChI=1S/C8H9ClO4S2/c1-4(2)6-5(7(10)11)3-14-8(6)15(9,12)13/h3-4H,1-2H3,(H,10,11). The van der Waals surface area contributed by atoms with Gasteiger partial charge in [0.1, 0.15) is 4.21 Å². The largest absolute Gasteiger partial charge is 0.478 e. The fourth-order valence-electron chi connectivity index (χ4n) is 1.25. The predicted molar refractivity (Wildman–Crippen MR) is 58.4 cm³/mol. The number of thiophene rings is 1. The Morgan fingerprint density at radius 3 is 2.40 bits per heavy atom. The Hall–Kier alpha value is -0.590. The molecule has 0 amide bonds. The van der Waals surface area contributed by atoms with Gasteiger partial charge in [-0.1, -0.05) is 13.8 Å². The Morgan fingerprint density at radius 2 is 2.07 bits per heavy atom. The first-order chi connectivity index (χ1) is 6.75. The van der Waals surface area contributed by atoms with Crippen molar-refractivity contribution < 1.29 is 18.3 Å². The van der Waals surface area contributed by atoms with Gasteiger partial charge >= 0.3 is 5.97 Å². The van der Waals surface area contributed by atoms with Crippen molar-refractivity contribution in [1.29, 1.82) is 0 Å². The number of carboxylic acids is 1. The number of carbonyl (C=O) groups is 1. The summed E-state index contributed by atoms with van der Waals surface area (Å²) in [5.41, 5.74) is 0.289. The first-order valence-electron chi connectivity index (χ1n) is 4.04. The van der Waals surface area contributed by atoms with Crippen LogP contribution in [-0.2, 0) is 9.05 Å². The SMILES string of the molecule is CC(C)c1c(C(=O)O)csc1S(=O)(=O)Cl. The van der Waals surface area contributed by atoms with Gasteiger partial charge in [-0.25, -0.2) is 13.2 Å². The van der Waals surface area contributed by atoms with Crippen LogP contribution in [0.25, 0.3) is 0 Å². The van der Waals surface area contributed by atoms with E-state index in [1.165, 1.54) is 5.38 Å². The van der Waals surface area contributed by atoms with Gasteiger partial charge in [0.15, 0.2) is 0 Å². The summed E-state index contributed by atoms with van der Waals surface area (Å²) in [6.07, 6.45) is 0. The van der Waals surface area contributed by atoms with Crippen LogP contribution in [0.2, 0.25) is 0 Å². The summed E-state index contributed by atoms with van der Waals surface area (Å²) >= 11 is 0.839. The summed E-state index contributed by atoms with van der Waals surface area (Å²) in [5, 5.41) is 10.2. The molecule has 0 fully saturated rings. The highest BCUT2D eigenvalue weighted by atomic mass is 35.7. The van der Waals surface area contributed by atoms with Crippen LogP contribution in [0.4, 0.5) is 0 Å². The highest BCUT2D eigenvalue weighted by Crippen LogP contribution is 2.35. The maximum Gasteiger partial charge on any atom is 0.336 e. The number of carboxylic acid groups (broad SMARTS) is 1. The zero-order valence-corrected chi connectivity index (χ0v) is 10.4. The van der Waals surface area contributed by atoms with E-state index >= 15 is 0 Å². The Balaban J connectivity index is 3.51. The smallest absolute Gasteiger partial charge is 0.336 e. The van der Waals surface area contributed by atoms with Crippen LogP contribution < -0.4 is 0 Å². The predicted octanol–water partition coefficient (Wildman–Crippen LogP) is 2.50. The van der Waals surface area contributed by atoms with Crippen molar-refractivity contribution in [2.75, 3.05) is 0 Å². The summed E-state index contributed by atoms with van der Waals surface area (Å²) in [7, 11) is 1.35. The van der Waals surface area contributed by atoms with Gasteiger partial charge in [-0.3, -0.25) is 0 Å². The van der Waals surface area contributed by atoms with E-state index in [4.69, 9.17) is 15.8 Å². The second-order valence-electron chi connectivity index (χ2n) is 3.25. The molecule has 0 atom stereocenters. The van der Waals surface area contributed by atoms with Crippen molar-refractivity contribution in [2.45, 2.75) is 24.0 Å². The molecular formula is C8H9ClO4S2.